The normalized spacial score (nSPS) is 23.4. The second-order valence-corrected chi connectivity index (χ2v) is 5.79. The molecule has 1 aromatic rings. The van der Waals surface area contributed by atoms with Crippen molar-refractivity contribution in [2.75, 3.05) is 24.5 Å². The van der Waals surface area contributed by atoms with Gasteiger partial charge in [0.05, 0.1) is 17.3 Å². The van der Waals surface area contributed by atoms with Gasteiger partial charge in [0.1, 0.15) is 6.07 Å². The first-order valence-corrected chi connectivity index (χ1v) is 7.50. The molecule has 5 nitrogen and oxygen atoms in total. The van der Waals surface area contributed by atoms with Crippen molar-refractivity contribution in [2.45, 2.75) is 31.3 Å². The van der Waals surface area contributed by atoms with Crippen molar-refractivity contribution in [2.24, 2.45) is 5.73 Å². The molecule has 3 rings (SSSR count). The first-order valence-electron chi connectivity index (χ1n) is 7.50. The van der Waals surface area contributed by atoms with Crippen LogP contribution in [0.5, 0.6) is 0 Å². The molecule has 0 aliphatic carbocycles. The third-order valence-corrected chi connectivity index (χ3v) is 4.69. The average molecular weight is 284 g/mol. The maximum Gasteiger partial charge on any atom is 0.234 e. The molecule has 0 bridgehead atoms. The molecule has 5 heteroatoms. The van der Waals surface area contributed by atoms with Crippen LogP contribution in [0.15, 0.2) is 24.3 Å². The monoisotopic (exact) mass is 284 g/mol. The van der Waals surface area contributed by atoms with Crippen molar-refractivity contribution in [1.29, 1.82) is 5.26 Å². The van der Waals surface area contributed by atoms with E-state index < -0.39 is 0 Å². The smallest absolute Gasteiger partial charge is 0.234 e. The fourth-order valence-electron chi connectivity index (χ4n) is 3.43. The summed E-state index contributed by atoms with van der Waals surface area (Å²) in [6.07, 6.45) is 2.93. The summed E-state index contributed by atoms with van der Waals surface area (Å²) >= 11 is 0. The number of amides is 1. The van der Waals surface area contributed by atoms with Gasteiger partial charge in [-0.25, -0.2) is 0 Å². The van der Waals surface area contributed by atoms with Gasteiger partial charge in [0.25, 0.3) is 0 Å². The Balaban J connectivity index is 1.63. The Morgan fingerprint density at radius 1 is 1.19 bits per heavy atom. The summed E-state index contributed by atoms with van der Waals surface area (Å²) in [6.45, 7) is 2.82. The molecule has 1 unspecified atom stereocenters. The Labute approximate surface area is 124 Å². The van der Waals surface area contributed by atoms with Gasteiger partial charge in [-0.3, -0.25) is 9.69 Å². The van der Waals surface area contributed by atoms with Crippen LogP contribution < -0.4 is 10.6 Å². The van der Waals surface area contributed by atoms with Gasteiger partial charge < -0.3 is 10.6 Å². The molecule has 2 N–H and O–H groups in total. The zero-order chi connectivity index (χ0) is 14.8. The van der Waals surface area contributed by atoms with Gasteiger partial charge in [0.2, 0.25) is 5.91 Å². The van der Waals surface area contributed by atoms with E-state index in [1.54, 1.807) is 0 Å². The Bertz CT molecular complexity index is 572. The fraction of sp³-hybridized carbons (Fsp3) is 0.500. The number of para-hydroxylation sites is 1. The number of nitrogens with zero attached hydrogens (tertiary/aromatic N) is 3. The molecule has 0 saturated carbocycles. The zero-order valence-corrected chi connectivity index (χ0v) is 12.0. The van der Waals surface area contributed by atoms with E-state index in [4.69, 9.17) is 5.73 Å². The number of nitrogens with two attached hydrogens (primary N) is 1. The van der Waals surface area contributed by atoms with E-state index in [9.17, 15) is 10.1 Å². The second kappa shape index (κ2) is 5.74. The lowest BCUT2D eigenvalue weighted by atomic mass is 9.93. The lowest BCUT2D eigenvalue weighted by molar-refractivity contribution is -0.129. The Hall–Kier alpha value is -2.06. The molecule has 1 amide bonds. The van der Waals surface area contributed by atoms with E-state index in [0.29, 0.717) is 6.04 Å². The first-order chi connectivity index (χ1) is 10.2. The highest BCUT2D eigenvalue weighted by molar-refractivity contribution is 5.80. The minimum Gasteiger partial charge on any atom is -0.370 e. The third kappa shape index (κ3) is 2.59. The van der Waals surface area contributed by atoms with Crippen LogP contribution in [0.3, 0.4) is 0 Å². The van der Waals surface area contributed by atoms with E-state index in [2.05, 4.69) is 15.9 Å². The molecule has 21 heavy (non-hydrogen) atoms. The number of hydrogen-bond donors (Lipinski definition) is 1. The fourth-order valence-corrected chi connectivity index (χ4v) is 3.43. The zero-order valence-electron chi connectivity index (χ0n) is 12.0. The Morgan fingerprint density at radius 2 is 1.90 bits per heavy atom. The lowest BCUT2D eigenvalue weighted by Gasteiger charge is -2.47. The van der Waals surface area contributed by atoms with Crippen LogP contribution in [-0.2, 0) is 4.79 Å². The Kier molecular flexibility index (Phi) is 3.80. The quantitative estimate of drug-likeness (QED) is 0.901. The number of carbonyl (C=O) groups excluding carboxylic acids is 1. The van der Waals surface area contributed by atoms with Gasteiger partial charge in [0, 0.05) is 25.7 Å². The van der Waals surface area contributed by atoms with Gasteiger partial charge in [-0.15, -0.1) is 0 Å². The molecule has 1 atom stereocenters. The molecule has 2 aliphatic heterocycles. The van der Waals surface area contributed by atoms with Crippen molar-refractivity contribution in [3.8, 4) is 6.07 Å². The van der Waals surface area contributed by atoms with Crippen molar-refractivity contribution < 1.29 is 4.79 Å². The van der Waals surface area contributed by atoms with E-state index in [-0.39, 0.29) is 11.9 Å². The molecule has 0 radical (unpaired) electrons. The van der Waals surface area contributed by atoms with Gasteiger partial charge >= 0.3 is 0 Å². The van der Waals surface area contributed by atoms with Crippen LogP contribution in [0.2, 0.25) is 0 Å². The predicted molar refractivity (Wildman–Crippen MR) is 80.7 cm³/mol. The summed E-state index contributed by atoms with van der Waals surface area (Å²) in [7, 11) is 0. The van der Waals surface area contributed by atoms with Crippen LogP contribution in [-0.4, -0.2) is 42.5 Å². The molecule has 2 aliphatic rings. The number of nitriles is 1. The van der Waals surface area contributed by atoms with E-state index in [1.165, 1.54) is 0 Å². The van der Waals surface area contributed by atoms with Gasteiger partial charge in [0.15, 0.2) is 0 Å². The highest BCUT2D eigenvalue weighted by Crippen LogP contribution is 2.29. The first kappa shape index (κ1) is 13.9. The molecule has 1 aromatic carbocycles. The van der Waals surface area contributed by atoms with Crippen molar-refractivity contribution in [1.82, 2.24) is 4.90 Å². The summed E-state index contributed by atoms with van der Waals surface area (Å²) in [6, 6.07) is 10.4. The van der Waals surface area contributed by atoms with E-state index >= 15 is 0 Å². The molecular weight excluding hydrogens is 264 g/mol. The number of carbonyl (C=O) groups is 1. The molecule has 0 spiro atoms. The topological polar surface area (TPSA) is 73.4 Å². The van der Waals surface area contributed by atoms with Crippen LogP contribution in [0, 0.1) is 11.3 Å². The maximum atomic E-state index is 11.3. The molecule has 2 heterocycles. The maximum absolute atomic E-state index is 11.3. The number of benzene rings is 1. The highest BCUT2D eigenvalue weighted by Gasteiger charge is 2.38. The molecular formula is C16H20N4O. The summed E-state index contributed by atoms with van der Waals surface area (Å²) in [5.41, 5.74) is 7.18. The average Bonchev–Trinajstić information content (AvgIpc) is 2.46. The highest BCUT2D eigenvalue weighted by atomic mass is 16.1. The number of hydrogen-bond acceptors (Lipinski definition) is 4. The van der Waals surface area contributed by atoms with Gasteiger partial charge in [-0.05, 0) is 31.4 Å². The second-order valence-electron chi connectivity index (χ2n) is 5.79. The largest absolute Gasteiger partial charge is 0.370 e. The van der Waals surface area contributed by atoms with Crippen LogP contribution in [0.25, 0.3) is 0 Å². The predicted octanol–water partition coefficient (Wildman–Crippen LogP) is 1.09. The summed E-state index contributed by atoms with van der Waals surface area (Å²) in [5, 5.41) is 9.20. The molecule has 2 saturated heterocycles. The summed E-state index contributed by atoms with van der Waals surface area (Å²) < 4.78 is 0. The van der Waals surface area contributed by atoms with E-state index in [1.807, 2.05) is 24.3 Å². The Morgan fingerprint density at radius 3 is 2.48 bits per heavy atom. The minimum atomic E-state index is -0.196. The molecule has 2 fully saturated rings. The van der Waals surface area contributed by atoms with Gasteiger partial charge in [-0.1, -0.05) is 12.1 Å². The minimum absolute atomic E-state index is 0.0621. The van der Waals surface area contributed by atoms with Gasteiger partial charge in [-0.2, -0.15) is 5.26 Å². The van der Waals surface area contributed by atoms with Crippen LogP contribution in [0.1, 0.15) is 24.8 Å². The molecule has 110 valence electrons. The number of piperidine rings is 1. The number of likely N-dealkylation sites (tertiary alicyclic amines) is 1. The van der Waals surface area contributed by atoms with E-state index in [0.717, 1.165) is 50.1 Å². The van der Waals surface area contributed by atoms with Crippen molar-refractivity contribution >= 4 is 11.6 Å². The third-order valence-electron chi connectivity index (χ3n) is 4.69. The number of primary amides is 1. The number of rotatable bonds is 3. The van der Waals surface area contributed by atoms with Crippen LogP contribution >= 0.6 is 0 Å². The summed E-state index contributed by atoms with van der Waals surface area (Å²) in [5.74, 6) is -0.196. The standard InChI is InChI=1S/C16H20N4O/c17-11-12-3-1-2-4-14(12)19-8-5-13(6-9-19)20-10-7-15(20)16(18)21/h1-4,13,15H,5-10H2,(H2,18,21). The molecule has 0 aromatic heterocycles. The summed E-state index contributed by atoms with van der Waals surface area (Å²) in [4.78, 5) is 15.9. The number of anilines is 1. The SMILES string of the molecule is N#Cc1ccccc1N1CCC(N2CCC2C(N)=O)CC1. The lowest BCUT2D eigenvalue weighted by Crippen LogP contribution is -2.60. The van der Waals surface area contributed by atoms with Crippen LogP contribution in [0.4, 0.5) is 5.69 Å². The van der Waals surface area contributed by atoms with Crippen molar-refractivity contribution in [3.05, 3.63) is 29.8 Å². The van der Waals surface area contributed by atoms with Crippen molar-refractivity contribution in [3.63, 3.8) is 0 Å².